The second-order valence-corrected chi connectivity index (χ2v) is 9.23. The van der Waals surface area contributed by atoms with E-state index in [-0.39, 0.29) is 17.4 Å². The largest absolute Gasteiger partial charge is 0.311 e. The number of aromatic nitrogens is 2. The standard InChI is InChI=1S/C26H22N2O2S/c1-16(2)17-12-14-18(15-13-17)22-24(23(29)19-8-4-3-5-9-19)31-26-27-25(30)20-10-6-7-11-21(20)28(22)26/h3-16,22,24H,1-2H3/t22-,24+/m0/s1. The molecule has 0 N–H and O–H groups in total. The summed E-state index contributed by atoms with van der Waals surface area (Å²) in [6, 6.07) is 25.1. The lowest BCUT2D eigenvalue weighted by Crippen LogP contribution is -2.26. The third-order valence-electron chi connectivity index (χ3n) is 5.86. The molecule has 0 saturated carbocycles. The Bertz CT molecular complexity index is 1330. The number of carbonyl (C=O) groups is 1. The van der Waals surface area contributed by atoms with Crippen molar-refractivity contribution in [1.29, 1.82) is 0 Å². The summed E-state index contributed by atoms with van der Waals surface area (Å²) in [5, 5.41) is 0.768. The van der Waals surface area contributed by atoms with Gasteiger partial charge in [0.25, 0.3) is 5.56 Å². The van der Waals surface area contributed by atoms with Gasteiger partial charge < -0.3 is 4.57 Å². The summed E-state index contributed by atoms with van der Waals surface area (Å²) in [7, 11) is 0. The molecule has 2 atom stereocenters. The second-order valence-electron chi connectivity index (χ2n) is 8.12. The van der Waals surface area contributed by atoms with Crippen LogP contribution in [0.15, 0.2) is 88.8 Å². The van der Waals surface area contributed by atoms with Crippen LogP contribution in [0.3, 0.4) is 0 Å². The van der Waals surface area contributed by atoms with Gasteiger partial charge in [-0.2, -0.15) is 4.98 Å². The van der Waals surface area contributed by atoms with Gasteiger partial charge in [0.2, 0.25) is 0 Å². The maximum Gasteiger partial charge on any atom is 0.281 e. The van der Waals surface area contributed by atoms with E-state index in [0.29, 0.717) is 22.0 Å². The van der Waals surface area contributed by atoms with Gasteiger partial charge in [-0.1, -0.05) is 92.3 Å². The molecule has 0 radical (unpaired) electrons. The van der Waals surface area contributed by atoms with Crippen LogP contribution in [-0.2, 0) is 0 Å². The summed E-state index contributed by atoms with van der Waals surface area (Å²) in [6.45, 7) is 4.33. The molecule has 5 heteroatoms. The highest BCUT2D eigenvalue weighted by Gasteiger charge is 2.41. The fraction of sp³-hybridized carbons (Fsp3) is 0.192. The van der Waals surface area contributed by atoms with Crippen molar-refractivity contribution in [2.24, 2.45) is 0 Å². The zero-order valence-corrected chi connectivity index (χ0v) is 18.2. The Morgan fingerprint density at radius 2 is 1.61 bits per heavy atom. The van der Waals surface area contributed by atoms with E-state index in [2.05, 4.69) is 47.7 Å². The molecule has 0 amide bonds. The highest BCUT2D eigenvalue weighted by atomic mass is 32.2. The van der Waals surface area contributed by atoms with E-state index in [0.717, 1.165) is 11.1 Å². The van der Waals surface area contributed by atoms with Crippen LogP contribution in [-0.4, -0.2) is 20.6 Å². The van der Waals surface area contributed by atoms with Gasteiger partial charge >= 0.3 is 0 Å². The lowest BCUT2D eigenvalue weighted by Gasteiger charge is -2.22. The first-order chi connectivity index (χ1) is 15.0. The van der Waals surface area contributed by atoms with Crippen molar-refractivity contribution in [3.05, 3.63) is 106 Å². The quantitative estimate of drug-likeness (QED) is 0.321. The lowest BCUT2D eigenvalue weighted by atomic mass is 9.94. The number of hydrogen-bond donors (Lipinski definition) is 0. The summed E-state index contributed by atoms with van der Waals surface area (Å²) in [6.07, 6.45) is 0. The van der Waals surface area contributed by atoms with Gasteiger partial charge in [-0.3, -0.25) is 9.59 Å². The molecule has 0 fully saturated rings. The Labute approximate surface area is 185 Å². The molecule has 154 valence electrons. The van der Waals surface area contributed by atoms with Gasteiger partial charge in [-0.25, -0.2) is 0 Å². The first-order valence-corrected chi connectivity index (χ1v) is 11.3. The highest BCUT2D eigenvalue weighted by molar-refractivity contribution is 8.00. The first-order valence-electron chi connectivity index (χ1n) is 10.4. The van der Waals surface area contributed by atoms with Crippen LogP contribution in [0.5, 0.6) is 0 Å². The third-order valence-corrected chi connectivity index (χ3v) is 7.08. The number of hydrogen-bond acceptors (Lipinski definition) is 4. The molecule has 0 unspecified atom stereocenters. The number of ketones is 1. The summed E-state index contributed by atoms with van der Waals surface area (Å²) in [5.41, 5.74) is 3.52. The molecule has 5 rings (SSSR count). The molecule has 0 aliphatic carbocycles. The number of carbonyl (C=O) groups excluding carboxylic acids is 1. The average molecular weight is 427 g/mol. The summed E-state index contributed by atoms with van der Waals surface area (Å²) >= 11 is 1.38. The normalized spacial score (nSPS) is 17.8. The van der Waals surface area contributed by atoms with Gasteiger partial charge in [0.05, 0.1) is 16.9 Å². The highest BCUT2D eigenvalue weighted by Crippen LogP contribution is 2.45. The Balaban J connectivity index is 1.71. The van der Waals surface area contributed by atoms with E-state index in [4.69, 9.17) is 0 Å². The van der Waals surface area contributed by atoms with Crippen LogP contribution in [0.4, 0.5) is 0 Å². The molecule has 0 spiro atoms. The molecular weight excluding hydrogens is 404 g/mol. The maximum absolute atomic E-state index is 13.6. The van der Waals surface area contributed by atoms with Crippen molar-refractivity contribution in [2.45, 2.75) is 36.2 Å². The van der Waals surface area contributed by atoms with Crippen LogP contribution in [0.2, 0.25) is 0 Å². The summed E-state index contributed by atoms with van der Waals surface area (Å²) in [4.78, 5) is 30.5. The van der Waals surface area contributed by atoms with Gasteiger partial charge in [0.1, 0.15) is 5.25 Å². The molecule has 0 bridgehead atoms. The number of para-hydroxylation sites is 1. The van der Waals surface area contributed by atoms with Crippen LogP contribution in [0.1, 0.15) is 47.3 Å². The van der Waals surface area contributed by atoms with Gasteiger partial charge in [0, 0.05) is 5.56 Å². The van der Waals surface area contributed by atoms with Crippen molar-refractivity contribution in [3.8, 4) is 0 Å². The molecule has 3 aromatic carbocycles. The fourth-order valence-corrected chi connectivity index (χ4v) is 5.54. The molecule has 1 aliphatic rings. The molecule has 1 aromatic heterocycles. The van der Waals surface area contributed by atoms with Crippen molar-refractivity contribution >= 4 is 28.4 Å². The van der Waals surface area contributed by atoms with Crippen molar-refractivity contribution in [3.63, 3.8) is 0 Å². The number of fused-ring (bicyclic) bond motifs is 3. The van der Waals surface area contributed by atoms with E-state index >= 15 is 0 Å². The molecule has 1 aliphatic heterocycles. The number of Topliss-reactive ketones (excluding diaryl/α,β-unsaturated/α-hetero) is 1. The molecular formula is C26H22N2O2S. The van der Waals surface area contributed by atoms with E-state index in [1.54, 1.807) is 6.07 Å². The minimum absolute atomic E-state index is 0.0468. The molecule has 4 aromatic rings. The average Bonchev–Trinajstić information content (AvgIpc) is 3.19. The van der Waals surface area contributed by atoms with Crippen molar-refractivity contribution in [1.82, 2.24) is 9.55 Å². The predicted molar refractivity (Wildman–Crippen MR) is 125 cm³/mol. The SMILES string of the molecule is CC(C)c1ccc([C@H]2[C@H](C(=O)c3ccccc3)Sc3nc(=O)c4ccccc4n32)cc1. The molecule has 31 heavy (non-hydrogen) atoms. The lowest BCUT2D eigenvalue weighted by molar-refractivity contribution is 0.0979. The maximum atomic E-state index is 13.6. The Morgan fingerprint density at radius 3 is 2.32 bits per heavy atom. The van der Waals surface area contributed by atoms with E-state index in [1.165, 1.54) is 17.3 Å². The van der Waals surface area contributed by atoms with Gasteiger partial charge in [0.15, 0.2) is 10.9 Å². The number of thioether (sulfide) groups is 1. The monoisotopic (exact) mass is 426 g/mol. The van der Waals surface area contributed by atoms with Crippen molar-refractivity contribution in [2.75, 3.05) is 0 Å². The summed E-state index contributed by atoms with van der Waals surface area (Å²) in [5.74, 6) is 0.477. The van der Waals surface area contributed by atoms with E-state index < -0.39 is 5.25 Å². The predicted octanol–water partition coefficient (Wildman–Crippen LogP) is 5.47. The molecule has 4 nitrogen and oxygen atoms in total. The minimum atomic E-state index is -0.398. The van der Waals surface area contributed by atoms with Crippen LogP contribution in [0.25, 0.3) is 10.9 Å². The smallest absolute Gasteiger partial charge is 0.281 e. The Morgan fingerprint density at radius 1 is 0.935 bits per heavy atom. The Kier molecular flexibility index (Phi) is 4.98. The topological polar surface area (TPSA) is 52.0 Å². The van der Waals surface area contributed by atoms with Crippen LogP contribution >= 0.6 is 11.8 Å². The number of benzene rings is 3. The zero-order chi connectivity index (χ0) is 21.5. The zero-order valence-electron chi connectivity index (χ0n) is 17.4. The number of nitrogens with zero attached hydrogens (tertiary/aromatic N) is 2. The van der Waals surface area contributed by atoms with Gasteiger partial charge in [-0.15, -0.1) is 0 Å². The molecule has 2 heterocycles. The number of rotatable bonds is 4. The first kappa shape index (κ1) is 19.8. The third kappa shape index (κ3) is 3.39. The molecule has 0 saturated heterocycles. The summed E-state index contributed by atoms with van der Waals surface area (Å²) < 4.78 is 2.07. The van der Waals surface area contributed by atoms with E-state index in [9.17, 15) is 9.59 Å². The van der Waals surface area contributed by atoms with E-state index in [1.807, 2.05) is 48.5 Å². The van der Waals surface area contributed by atoms with Crippen LogP contribution in [0, 0.1) is 0 Å². The minimum Gasteiger partial charge on any atom is -0.311 e. The Hall–Kier alpha value is -3.18. The fourth-order valence-electron chi connectivity index (χ4n) is 4.20. The second kappa shape index (κ2) is 7.82. The van der Waals surface area contributed by atoms with Gasteiger partial charge in [-0.05, 0) is 29.2 Å². The van der Waals surface area contributed by atoms with Crippen molar-refractivity contribution < 1.29 is 4.79 Å². The van der Waals surface area contributed by atoms with Crippen LogP contribution < -0.4 is 5.56 Å².